The summed E-state index contributed by atoms with van der Waals surface area (Å²) in [5.74, 6) is -2.94. The first-order chi connectivity index (χ1) is 7.71. The summed E-state index contributed by atoms with van der Waals surface area (Å²) in [5.41, 5.74) is 4.72. The van der Waals surface area contributed by atoms with Crippen LogP contribution in [0.5, 0.6) is 0 Å². The van der Waals surface area contributed by atoms with Gasteiger partial charge in [-0.25, -0.2) is 0 Å². The van der Waals surface area contributed by atoms with Gasteiger partial charge in [-0.15, -0.1) is 0 Å². The third kappa shape index (κ3) is 3.35. The van der Waals surface area contributed by atoms with Gasteiger partial charge in [0.15, 0.2) is 0 Å². The summed E-state index contributed by atoms with van der Waals surface area (Å²) in [7, 11) is 0. The number of hydrogen-bond acceptors (Lipinski definition) is 2. The lowest BCUT2D eigenvalue weighted by Gasteiger charge is -2.09. The fourth-order valence-corrected chi connectivity index (χ4v) is 1.27. The maximum absolute atomic E-state index is 11.9. The number of amides is 2. The minimum absolute atomic E-state index is 0.0447. The molecule has 1 rings (SSSR count). The first kappa shape index (κ1) is 13.3. The molecule has 0 aromatic heterocycles. The quantitative estimate of drug-likeness (QED) is 0.859. The molecule has 4 nitrogen and oxygen atoms in total. The molecule has 17 heavy (non-hydrogen) atoms. The first-order valence-corrected chi connectivity index (χ1v) is 4.57. The van der Waals surface area contributed by atoms with Crippen LogP contribution in [-0.2, 0) is 4.79 Å². The summed E-state index contributed by atoms with van der Waals surface area (Å²) in [6.45, 7) is 0. The fourth-order valence-electron chi connectivity index (χ4n) is 0.995. The number of carbonyl (C=O) groups is 2. The van der Waals surface area contributed by atoms with Crippen LogP contribution in [0, 0.1) is 0 Å². The van der Waals surface area contributed by atoms with E-state index >= 15 is 0 Å². The van der Waals surface area contributed by atoms with Crippen molar-refractivity contribution in [3.8, 4) is 0 Å². The second kappa shape index (κ2) is 4.62. The molecular formula is C9H6ClF3N2O2. The number of benzene rings is 1. The van der Waals surface area contributed by atoms with E-state index in [0.717, 1.165) is 18.2 Å². The Hall–Kier alpha value is -1.76. The Labute approximate surface area is 98.5 Å². The van der Waals surface area contributed by atoms with Gasteiger partial charge in [0.05, 0.1) is 10.6 Å². The van der Waals surface area contributed by atoms with E-state index in [1.54, 1.807) is 5.32 Å². The Balaban J connectivity index is 2.92. The Kier molecular flexibility index (Phi) is 3.62. The molecule has 0 saturated carbocycles. The van der Waals surface area contributed by atoms with Gasteiger partial charge in [0.1, 0.15) is 0 Å². The number of nitrogens with one attached hydrogen (secondary N) is 1. The van der Waals surface area contributed by atoms with Crippen LogP contribution in [-0.4, -0.2) is 18.0 Å². The SMILES string of the molecule is NC(=O)c1ccc(NC(=O)C(F)(F)F)cc1Cl. The molecule has 0 unspecified atom stereocenters. The molecule has 8 heteroatoms. The van der Waals surface area contributed by atoms with Gasteiger partial charge in [-0.2, -0.15) is 13.2 Å². The highest BCUT2D eigenvalue weighted by atomic mass is 35.5. The third-order valence-corrected chi connectivity index (χ3v) is 2.06. The van der Waals surface area contributed by atoms with Crippen LogP contribution in [0.1, 0.15) is 10.4 Å². The Bertz CT molecular complexity index is 474. The lowest BCUT2D eigenvalue weighted by atomic mass is 10.2. The fraction of sp³-hybridized carbons (Fsp3) is 0.111. The van der Waals surface area contributed by atoms with E-state index in [1.807, 2.05) is 0 Å². The van der Waals surface area contributed by atoms with Crippen molar-refractivity contribution in [1.82, 2.24) is 0 Å². The van der Waals surface area contributed by atoms with E-state index in [2.05, 4.69) is 0 Å². The monoisotopic (exact) mass is 266 g/mol. The number of primary amides is 1. The standard InChI is InChI=1S/C9H6ClF3N2O2/c10-6-3-4(1-2-5(6)7(14)16)15-8(17)9(11,12)13/h1-3H,(H2,14,16)(H,15,17). The second-order valence-electron chi connectivity index (χ2n) is 3.01. The number of alkyl halides is 3. The van der Waals surface area contributed by atoms with Crippen molar-refractivity contribution in [2.45, 2.75) is 6.18 Å². The van der Waals surface area contributed by atoms with Gasteiger partial charge >= 0.3 is 12.1 Å². The lowest BCUT2D eigenvalue weighted by Crippen LogP contribution is -2.29. The molecule has 0 aliphatic heterocycles. The van der Waals surface area contributed by atoms with Crippen molar-refractivity contribution in [3.63, 3.8) is 0 Å². The van der Waals surface area contributed by atoms with Gasteiger partial charge < -0.3 is 11.1 Å². The largest absolute Gasteiger partial charge is 0.471 e. The predicted octanol–water partition coefficient (Wildman–Crippen LogP) is 1.94. The second-order valence-corrected chi connectivity index (χ2v) is 3.42. The highest BCUT2D eigenvalue weighted by Crippen LogP contribution is 2.23. The molecule has 2 amide bonds. The van der Waals surface area contributed by atoms with Gasteiger partial charge in [0.25, 0.3) is 0 Å². The van der Waals surface area contributed by atoms with Gasteiger partial charge in [-0.1, -0.05) is 11.6 Å². The molecule has 0 saturated heterocycles. The van der Waals surface area contributed by atoms with Crippen LogP contribution < -0.4 is 11.1 Å². The zero-order valence-electron chi connectivity index (χ0n) is 8.14. The maximum Gasteiger partial charge on any atom is 0.471 e. The molecule has 0 fully saturated rings. The Morgan fingerprint density at radius 3 is 2.29 bits per heavy atom. The van der Waals surface area contributed by atoms with Crippen LogP contribution in [0.3, 0.4) is 0 Å². The van der Waals surface area contributed by atoms with Crippen LogP contribution in [0.2, 0.25) is 5.02 Å². The van der Waals surface area contributed by atoms with Crippen LogP contribution in [0.25, 0.3) is 0 Å². The van der Waals surface area contributed by atoms with E-state index < -0.39 is 18.0 Å². The Morgan fingerprint density at radius 2 is 1.88 bits per heavy atom. The number of halogens is 4. The molecule has 0 heterocycles. The topological polar surface area (TPSA) is 72.2 Å². The van der Waals surface area contributed by atoms with Crippen molar-refractivity contribution < 1.29 is 22.8 Å². The molecule has 0 atom stereocenters. The molecular weight excluding hydrogens is 261 g/mol. The number of hydrogen-bond donors (Lipinski definition) is 2. The van der Waals surface area contributed by atoms with E-state index in [0.29, 0.717) is 0 Å². The molecule has 0 bridgehead atoms. The van der Waals surface area contributed by atoms with Crippen LogP contribution >= 0.6 is 11.6 Å². The number of anilines is 1. The Morgan fingerprint density at radius 1 is 1.29 bits per heavy atom. The maximum atomic E-state index is 11.9. The molecule has 0 radical (unpaired) electrons. The minimum Gasteiger partial charge on any atom is -0.366 e. The smallest absolute Gasteiger partial charge is 0.366 e. The molecule has 0 aliphatic rings. The van der Waals surface area contributed by atoms with Crippen LogP contribution in [0.15, 0.2) is 18.2 Å². The summed E-state index contributed by atoms with van der Waals surface area (Å²) in [6, 6.07) is 3.22. The molecule has 3 N–H and O–H groups in total. The minimum atomic E-state index is -4.99. The zero-order valence-corrected chi connectivity index (χ0v) is 8.89. The van der Waals surface area contributed by atoms with Crippen LogP contribution in [0.4, 0.5) is 18.9 Å². The van der Waals surface area contributed by atoms with E-state index in [1.165, 1.54) is 0 Å². The molecule has 0 aliphatic carbocycles. The van der Waals surface area contributed by atoms with Crippen molar-refractivity contribution in [1.29, 1.82) is 0 Å². The predicted molar refractivity (Wildman–Crippen MR) is 54.7 cm³/mol. The van der Waals surface area contributed by atoms with Gasteiger partial charge in [-0.05, 0) is 18.2 Å². The van der Waals surface area contributed by atoms with Gasteiger partial charge in [0.2, 0.25) is 5.91 Å². The van der Waals surface area contributed by atoms with E-state index in [9.17, 15) is 22.8 Å². The molecule has 0 spiro atoms. The summed E-state index contributed by atoms with van der Waals surface area (Å²) >= 11 is 5.59. The number of rotatable bonds is 2. The summed E-state index contributed by atoms with van der Waals surface area (Å²) < 4.78 is 35.8. The van der Waals surface area contributed by atoms with E-state index in [4.69, 9.17) is 17.3 Å². The van der Waals surface area contributed by atoms with Crippen molar-refractivity contribution >= 4 is 29.1 Å². The normalized spacial score (nSPS) is 11.1. The first-order valence-electron chi connectivity index (χ1n) is 4.19. The van der Waals surface area contributed by atoms with Crippen molar-refractivity contribution in [2.75, 3.05) is 5.32 Å². The van der Waals surface area contributed by atoms with Gasteiger partial charge in [-0.3, -0.25) is 9.59 Å². The highest BCUT2D eigenvalue weighted by Gasteiger charge is 2.38. The number of carbonyl (C=O) groups excluding carboxylic acids is 2. The van der Waals surface area contributed by atoms with E-state index in [-0.39, 0.29) is 16.3 Å². The molecule has 1 aromatic rings. The third-order valence-electron chi connectivity index (χ3n) is 1.75. The van der Waals surface area contributed by atoms with Crippen molar-refractivity contribution in [3.05, 3.63) is 28.8 Å². The average molecular weight is 267 g/mol. The summed E-state index contributed by atoms with van der Waals surface area (Å²) in [6.07, 6.45) is -4.99. The highest BCUT2D eigenvalue weighted by molar-refractivity contribution is 6.34. The molecule has 92 valence electrons. The molecule has 1 aromatic carbocycles. The van der Waals surface area contributed by atoms with Gasteiger partial charge in [0, 0.05) is 5.69 Å². The number of nitrogens with two attached hydrogens (primary N) is 1. The lowest BCUT2D eigenvalue weighted by molar-refractivity contribution is -0.167. The summed E-state index contributed by atoms with van der Waals surface area (Å²) in [4.78, 5) is 21.4. The average Bonchev–Trinajstić information content (AvgIpc) is 2.15. The summed E-state index contributed by atoms with van der Waals surface area (Å²) in [5, 5.41) is 1.45. The van der Waals surface area contributed by atoms with Crippen molar-refractivity contribution in [2.24, 2.45) is 5.73 Å². The zero-order chi connectivity index (χ0) is 13.2.